The molecule has 0 amide bonds. The smallest absolute Gasteiger partial charge is 0.275 e. The van der Waals surface area contributed by atoms with Crippen molar-refractivity contribution in [1.82, 2.24) is 24.1 Å². The highest BCUT2D eigenvalue weighted by atomic mass is 35.5. The minimum atomic E-state index is -0.156. The predicted molar refractivity (Wildman–Crippen MR) is 113 cm³/mol. The molecular formula is C18H18ClN5O2S2. The van der Waals surface area contributed by atoms with Gasteiger partial charge in [0.2, 0.25) is 4.96 Å². The van der Waals surface area contributed by atoms with E-state index in [4.69, 9.17) is 21.3 Å². The van der Waals surface area contributed by atoms with Gasteiger partial charge in [-0.1, -0.05) is 41.6 Å². The van der Waals surface area contributed by atoms with Gasteiger partial charge in [0, 0.05) is 30.5 Å². The number of nitrogens with zero attached hydrogens (tertiary/aromatic N) is 5. The van der Waals surface area contributed by atoms with Crippen molar-refractivity contribution >= 4 is 50.7 Å². The third-order valence-corrected chi connectivity index (χ3v) is 6.48. The second-order valence-corrected chi connectivity index (χ2v) is 8.51. The number of halogens is 1. The second kappa shape index (κ2) is 8.20. The van der Waals surface area contributed by atoms with Crippen LogP contribution >= 0.6 is 34.7 Å². The van der Waals surface area contributed by atoms with Crippen molar-refractivity contribution in [3.05, 3.63) is 50.3 Å². The van der Waals surface area contributed by atoms with E-state index in [2.05, 4.69) is 14.6 Å². The molecule has 0 fully saturated rings. The van der Waals surface area contributed by atoms with E-state index in [1.54, 1.807) is 7.11 Å². The molecule has 0 spiro atoms. The second-order valence-electron chi connectivity index (χ2n) is 6.09. The Labute approximate surface area is 174 Å². The van der Waals surface area contributed by atoms with Gasteiger partial charge in [0.1, 0.15) is 5.01 Å². The van der Waals surface area contributed by atoms with E-state index in [0.29, 0.717) is 34.6 Å². The average molecular weight is 436 g/mol. The molecule has 3 heterocycles. The first-order chi connectivity index (χ1) is 13.6. The highest BCUT2D eigenvalue weighted by Crippen LogP contribution is 2.28. The first kappa shape index (κ1) is 19.4. The van der Waals surface area contributed by atoms with Gasteiger partial charge in [-0.25, -0.2) is 9.97 Å². The van der Waals surface area contributed by atoms with Gasteiger partial charge in [0.05, 0.1) is 23.3 Å². The van der Waals surface area contributed by atoms with E-state index in [-0.39, 0.29) is 5.56 Å². The fraction of sp³-hybridized carbons (Fsp3) is 0.333. The number of fused-ring (bicyclic) bond motifs is 2. The molecule has 0 bridgehead atoms. The quantitative estimate of drug-likeness (QED) is 0.412. The van der Waals surface area contributed by atoms with Crippen LogP contribution in [0.5, 0.6) is 0 Å². The van der Waals surface area contributed by atoms with Crippen LogP contribution in [0.25, 0.3) is 16.0 Å². The standard InChI is InChI=1S/C18H18ClN5O2S2/c1-3-15-22-24-16(25)9-12(20-18(24)28-15)10-27-17-21-13-8-11(19)4-5-14(13)23(17)6-7-26-2/h4-5,8-9H,3,6-7,10H2,1-2H3. The van der Waals surface area contributed by atoms with Crippen LogP contribution < -0.4 is 5.56 Å². The van der Waals surface area contributed by atoms with E-state index >= 15 is 0 Å². The summed E-state index contributed by atoms with van der Waals surface area (Å²) < 4.78 is 8.71. The number of aromatic nitrogens is 5. The van der Waals surface area contributed by atoms with E-state index in [0.717, 1.165) is 27.6 Å². The molecule has 4 rings (SSSR count). The van der Waals surface area contributed by atoms with Crippen LogP contribution in [0.1, 0.15) is 17.6 Å². The lowest BCUT2D eigenvalue weighted by molar-refractivity contribution is 0.186. The first-order valence-corrected chi connectivity index (χ1v) is 10.9. The number of thioether (sulfide) groups is 1. The van der Waals surface area contributed by atoms with Crippen molar-refractivity contribution in [3.8, 4) is 0 Å². The minimum absolute atomic E-state index is 0.156. The number of methoxy groups -OCH3 is 1. The molecule has 0 atom stereocenters. The lowest BCUT2D eigenvalue weighted by Gasteiger charge is -2.08. The average Bonchev–Trinajstić information content (AvgIpc) is 3.25. The predicted octanol–water partition coefficient (Wildman–Crippen LogP) is 3.66. The zero-order valence-corrected chi connectivity index (χ0v) is 17.8. The Balaban J connectivity index is 1.64. The Morgan fingerprint density at radius 2 is 2.14 bits per heavy atom. The first-order valence-electron chi connectivity index (χ1n) is 8.75. The zero-order chi connectivity index (χ0) is 19.7. The summed E-state index contributed by atoms with van der Waals surface area (Å²) in [5.41, 5.74) is 2.40. The van der Waals surface area contributed by atoms with E-state index in [1.807, 2.05) is 25.1 Å². The van der Waals surface area contributed by atoms with Crippen LogP contribution in [-0.4, -0.2) is 37.9 Å². The van der Waals surface area contributed by atoms with Crippen molar-refractivity contribution in [2.75, 3.05) is 13.7 Å². The fourth-order valence-corrected chi connectivity index (χ4v) is 4.80. The van der Waals surface area contributed by atoms with Crippen molar-refractivity contribution in [2.45, 2.75) is 30.8 Å². The third-order valence-electron chi connectivity index (χ3n) is 4.19. The van der Waals surface area contributed by atoms with Crippen molar-refractivity contribution in [1.29, 1.82) is 0 Å². The van der Waals surface area contributed by atoms with Crippen LogP contribution in [0.3, 0.4) is 0 Å². The number of ether oxygens (including phenoxy) is 1. The zero-order valence-electron chi connectivity index (χ0n) is 15.4. The molecule has 0 aliphatic carbocycles. The highest BCUT2D eigenvalue weighted by molar-refractivity contribution is 7.98. The number of aryl methyl sites for hydroxylation is 1. The maximum Gasteiger partial charge on any atom is 0.275 e. The Bertz CT molecular complexity index is 1200. The van der Waals surface area contributed by atoms with Crippen molar-refractivity contribution in [3.63, 3.8) is 0 Å². The summed E-state index contributed by atoms with van der Waals surface area (Å²) in [6.07, 6.45) is 0.781. The summed E-state index contributed by atoms with van der Waals surface area (Å²) in [5, 5.41) is 6.67. The van der Waals surface area contributed by atoms with Crippen LogP contribution in [0.15, 0.2) is 34.2 Å². The van der Waals surface area contributed by atoms with E-state index in [9.17, 15) is 4.79 Å². The largest absolute Gasteiger partial charge is 0.383 e. The minimum Gasteiger partial charge on any atom is -0.383 e. The van der Waals surface area contributed by atoms with Gasteiger partial charge in [0.25, 0.3) is 5.56 Å². The number of hydrogen-bond donors (Lipinski definition) is 0. The molecule has 0 unspecified atom stereocenters. The number of benzene rings is 1. The topological polar surface area (TPSA) is 74.3 Å². The Hall–Kier alpha value is -1.94. The van der Waals surface area contributed by atoms with Gasteiger partial charge in [0.15, 0.2) is 5.16 Å². The maximum atomic E-state index is 12.3. The van der Waals surface area contributed by atoms with Crippen LogP contribution in [0.4, 0.5) is 0 Å². The molecule has 146 valence electrons. The maximum absolute atomic E-state index is 12.3. The molecule has 4 aromatic rings. The van der Waals surface area contributed by atoms with Crippen molar-refractivity contribution < 1.29 is 4.74 Å². The summed E-state index contributed by atoms with van der Waals surface area (Å²) >= 11 is 9.10. The molecule has 7 nitrogen and oxygen atoms in total. The molecular weight excluding hydrogens is 418 g/mol. The third kappa shape index (κ3) is 3.80. The van der Waals surface area contributed by atoms with E-state index in [1.165, 1.54) is 33.7 Å². The summed E-state index contributed by atoms with van der Waals surface area (Å²) in [6, 6.07) is 7.21. The highest BCUT2D eigenvalue weighted by Gasteiger charge is 2.14. The molecule has 0 saturated carbocycles. The van der Waals surface area contributed by atoms with Crippen LogP contribution in [0.2, 0.25) is 5.02 Å². The fourth-order valence-electron chi connectivity index (χ4n) is 2.84. The molecule has 0 radical (unpaired) electrons. The molecule has 1 aromatic carbocycles. The van der Waals surface area contributed by atoms with E-state index < -0.39 is 0 Å². The molecule has 10 heteroatoms. The van der Waals surface area contributed by atoms with Crippen molar-refractivity contribution in [2.24, 2.45) is 0 Å². The Morgan fingerprint density at radius 3 is 2.93 bits per heavy atom. The van der Waals surface area contributed by atoms with Gasteiger partial charge in [-0.05, 0) is 24.6 Å². The molecule has 0 aliphatic heterocycles. The normalized spacial score (nSPS) is 11.7. The van der Waals surface area contributed by atoms with Gasteiger partial charge < -0.3 is 9.30 Å². The lowest BCUT2D eigenvalue weighted by atomic mass is 10.3. The summed E-state index contributed by atoms with van der Waals surface area (Å²) in [4.78, 5) is 22.3. The van der Waals surface area contributed by atoms with Crippen LogP contribution in [-0.2, 0) is 23.5 Å². The molecule has 3 aromatic heterocycles. The SMILES string of the molecule is CCc1nn2c(=O)cc(CSc3nc4cc(Cl)ccc4n3CCOC)nc2s1. The Kier molecular flexibility index (Phi) is 5.68. The number of hydrogen-bond acceptors (Lipinski definition) is 7. The van der Waals surface area contributed by atoms with Gasteiger partial charge in [-0.15, -0.1) is 0 Å². The monoisotopic (exact) mass is 435 g/mol. The molecule has 0 saturated heterocycles. The molecule has 0 aliphatic rings. The number of imidazole rings is 1. The number of rotatable bonds is 7. The molecule has 0 N–H and O–H groups in total. The summed E-state index contributed by atoms with van der Waals surface area (Å²) in [7, 11) is 1.68. The molecule has 28 heavy (non-hydrogen) atoms. The van der Waals surface area contributed by atoms with Gasteiger partial charge >= 0.3 is 0 Å². The van der Waals surface area contributed by atoms with Crippen LogP contribution in [0, 0.1) is 0 Å². The lowest BCUT2D eigenvalue weighted by Crippen LogP contribution is -2.15. The summed E-state index contributed by atoms with van der Waals surface area (Å²) in [5.74, 6) is 0.537. The van der Waals surface area contributed by atoms with Gasteiger partial charge in [-0.2, -0.15) is 9.61 Å². The van der Waals surface area contributed by atoms with Gasteiger partial charge in [-0.3, -0.25) is 4.79 Å². The summed E-state index contributed by atoms with van der Waals surface area (Å²) in [6.45, 7) is 3.27. The Morgan fingerprint density at radius 1 is 1.29 bits per heavy atom.